The molecule has 2 rings (SSSR count). The molecule has 0 bridgehead atoms. The molecule has 17 heavy (non-hydrogen) atoms. The van der Waals surface area contributed by atoms with E-state index in [0.29, 0.717) is 12.6 Å². The van der Waals surface area contributed by atoms with Crippen LogP contribution >= 0.6 is 0 Å². The van der Waals surface area contributed by atoms with Gasteiger partial charge in [-0.05, 0) is 20.8 Å². The van der Waals surface area contributed by atoms with Crippen LogP contribution in [-0.4, -0.2) is 30.4 Å². The lowest BCUT2D eigenvalue weighted by molar-refractivity contribution is 0.693. The van der Waals surface area contributed by atoms with Crippen LogP contribution in [0, 0.1) is 6.92 Å². The Morgan fingerprint density at radius 3 is 2.76 bits per heavy atom. The van der Waals surface area contributed by atoms with Crippen molar-refractivity contribution in [2.75, 3.05) is 5.32 Å². The van der Waals surface area contributed by atoms with Crippen molar-refractivity contribution in [1.29, 1.82) is 0 Å². The average molecular weight is 234 g/mol. The smallest absolute Gasteiger partial charge is 0.203 e. The first-order chi connectivity index (χ1) is 8.06. The summed E-state index contributed by atoms with van der Waals surface area (Å²) in [5.74, 6) is 1.79. The molecule has 6 nitrogen and oxygen atoms in total. The molecule has 1 N–H and O–H groups in total. The van der Waals surface area contributed by atoms with E-state index in [9.17, 15) is 0 Å². The summed E-state index contributed by atoms with van der Waals surface area (Å²) >= 11 is 0. The van der Waals surface area contributed by atoms with Gasteiger partial charge in [0.05, 0.1) is 12.2 Å². The van der Waals surface area contributed by atoms with Crippen molar-refractivity contribution in [3.8, 4) is 0 Å². The number of anilines is 1. The number of hydrogen-bond acceptors (Lipinski definition) is 4. The van der Waals surface area contributed by atoms with Gasteiger partial charge in [0.25, 0.3) is 0 Å². The molecular formula is C11H18N6. The standard InChI is InChI=1S/C11H18N6/c1-8(2)13-11-14-9(3)5-17(11)6-10-15-12-7-16(10)4/h5,7-8H,6H2,1-4H3,(H,13,14). The number of rotatable bonds is 4. The summed E-state index contributed by atoms with van der Waals surface area (Å²) in [6.07, 6.45) is 3.72. The number of nitrogens with one attached hydrogen (secondary N) is 1. The summed E-state index contributed by atoms with van der Waals surface area (Å²) in [4.78, 5) is 4.46. The van der Waals surface area contributed by atoms with Crippen LogP contribution in [0.1, 0.15) is 25.4 Å². The van der Waals surface area contributed by atoms with E-state index in [4.69, 9.17) is 0 Å². The number of nitrogens with zero attached hydrogens (tertiary/aromatic N) is 5. The molecular weight excluding hydrogens is 216 g/mol. The molecule has 0 unspecified atom stereocenters. The van der Waals surface area contributed by atoms with E-state index in [-0.39, 0.29) is 0 Å². The van der Waals surface area contributed by atoms with E-state index in [1.54, 1.807) is 6.33 Å². The van der Waals surface area contributed by atoms with Crippen molar-refractivity contribution in [3.05, 3.63) is 24.0 Å². The van der Waals surface area contributed by atoms with E-state index < -0.39 is 0 Å². The lowest BCUT2D eigenvalue weighted by atomic mass is 10.4. The Bertz CT molecular complexity index is 496. The highest BCUT2D eigenvalue weighted by Crippen LogP contribution is 2.11. The Hall–Kier alpha value is -1.85. The first-order valence-electron chi connectivity index (χ1n) is 5.69. The van der Waals surface area contributed by atoms with Crippen molar-refractivity contribution in [2.24, 2.45) is 7.05 Å². The molecule has 0 atom stereocenters. The highest BCUT2D eigenvalue weighted by molar-refractivity contribution is 5.30. The van der Waals surface area contributed by atoms with E-state index in [0.717, 1.165) is 17.5 Å². The van der Waals surface area contributed by atoms with Crippen molar-refractivity contribution in [2.45, 2.75) is 33.4 Å². The van der Waals surface area contributed by atoms with Gasteiger partial charge in [0, 0.05) is 19.3 Å². The highest BCUT2D eigenvalue weighted by Gasteiger charge is 2.09. The minimum atomic E-state index is 0.357. The molecule has 0 saturated heterocycles. The third-order valence-electron chi connectivity index (χ3n) is 2.43. The Morgan fingerprint density at radius 2 is 2.18 bits per heavy atom. The zero-order valence-corrected chi connectivity index (χ0v) is 10.7. The average Bonchev–Trinajstić information content (AvgIpc) is 2.75. The Morgan fingerprint density at radius 1 is 1.41 bits per heavy atom. The van der Waals surface area contributed by atoms with Gasteiger partial charge in [0.1, 0.15) is 6.33 Å². The van der Waals surface area contributed by atoms with Crippen LogP contribution in [0.2, 0.25) is 0 Å². The number of aryl methyl sites for hydroxylation is 2. The van der Waals surface area contributed by atoms with Gasteiger partial charge in [-0.3, -0.25) is 0 Å². The van der Waals surface area contributed by atoms with Crippen LogP contribution in [0.25, 0.3) is 0 Å². The molecule has 0 spiro atoms. The summed E-state index contributed by atoms with van der Waals surface area (Å²) < 4.78 is 3.97. The zero-order chi connectivity index (χ0) is 12.4. The van der Waals surface area contributed by atoms with Gasteiger partial charge >= 0.3 is 0 Å². The summed E-state index contributed by atoms with van der Waals surface area (Å²) in [5, 5.41) is 11.3. The predicted octanol–water partition coefficient (Wildman–Crippen LogP) is 1.19. The maximum absolute atomic E-state index is 4.46. The first kappa shape index (κ1) is 11.6. The largest absolute Gasteiger partial charge is 0.353 e. The lowest BCUT2D eigenvalue weighted by Gasteiger charge is -2.11. The van der Waals surface area contributed by atoms with Crippen LogP contribution in [0.15, 0.2) is 12.5 Å². The lowest BCUT2D eigenvalue weighted by Crippen LogP contribution is -2.15. The van der Waals surface area contributed by atoms with Crippen LogP contribution < -0.4 is 5.32 Å². The van der Waals surface area contributed by atoms with Gasteiger partial charge in [-0.1, -0.05) is 0 Å². The van der Waals surface area contributed by atoms with Gasteiger partial charge in [0.2, 0.25) is 5.95 Å². The second-order valence-corrected chi connectivity index (χ2v) is 4.49. The molecule has 0 saturated carbocycles. The van der Waals surface area contributed by atoms with Crippen molar-refractivity contribution >= 4 is 5.95 Å². The molecule has 2 heterocycles. The predicted molar refractivity (Wildman–Crippen MR) is 65.8 cm³/mol. The summed E-state index contributed by atoms with van der Waals surface area (Å²) in [7, 11) is 1.94. The second-order valence-electron chi connectivity index (χ2n) is 4.49. The highest BCUT2D eigenvalue weighted by atomic mass is 15.3. The topological polar surface area (TPSA) is 60.6 Å². The molecule has 0 aromatic carbocycles. The van der Waals surface area contributed by atoms with Gasteiger partial charge in [-0.2, -0.15) is 0 Å². The number of imidazole rings is 1. The molecule has 6 heteroatoms. The van der Waals surface area contributed by atoms with Crippen LogP contribution in [0.4, 0.5) is 5.95 Å². The van der Waals surface area contributed by atoms with Crippen LogP contribution in [0.5, 0.6) is 0 Å². The van der Waals surface area contributed by atoms with Crippen molar-refractivity contribution in [3.63, 3.8) is 0 Å². The molecule has 0 fully saturated rings. The summed E-state index contributed by atoms with van der Waals surface area (Å²) in [5.41, 5.74) is 0.996. The molecule has 0 amide bonds. The van der Waals surface area contributed by atoms with E-state index >= 15 is 0 Å². The van der Waals surface area contributed by atoms with Crippen molar-refractivity contribution in [1.82, 2.24) is 24.3 Å². The molecule has 92 valence electrons. The molecule has 0 aliphatic carbocycles. The second kappa shape index (κ2) is 4.57. The SMILES string of the molecule is Cc1cn(Cc2nncn2C)c(NC(C)C)n1. The van der Waals surface area contributed by atoms with Gasteiger partial charge < -0.3 is 14.5 Å². The zero-order valence-electron chi connectivity index (χ0n) is 10.7. The van der Waals surface area contributed by atoms with Crippen LogP contribution in [0.3, 0.4) is 0 Å². The normalized spacial score (nSPS) is 11.1. The van der Waals surface area contributed by atoms with E-state index in [2.05, 4.69) is 38.9 Å². The summed E-state index contributed by atoms with van der Waals surface area (Å²) in [6, 6.07) is 0.357. The molecule has 0 aliphatic rings. The van der Waals surface area contributed by atoms with Crippen molar-refractivity contribution < 1.29 is 0 Å². The maximum atomic E-state index is 4.46. The summed E-state index contributed by atoms with van der Waals surface area (Å²) in [6.45, 7) is 6.85. The first-order valence-corrected chi connectivity index (χ1v) is 5.69. The van der Waals surface area contributed by atoms with Gasteiger partial charge in [-0.15, -0.1) is 10.2 Å². The Balaban J connectivity index is 2.23. The molecule has 0 radical (unpaired) electrons. The van der Waals surface area contributed by atoms with E-state index in [1.165, 1.54) is 0 Å². The number of hydrogen-bond donors (Lipinski definition) is 1. The van der Waals surface area contributed by atoms with Gasteiger partial charge in [-0.25, -0.2) is 4.98 Å². The fourth-order valence-corrected chi connectivity index (χ4v) is 1.64. The fourth-order valence-electron chi connectivity index (χ4n) is 1.64. The third kappa shape index (κ3) is 2.64. The Labute approximate surface area is 101 Å². The quantitative estimate of drug-likeness (QED) is 0.863. The minimum Gasteiger partial charge on any atom is -0.353 e. The molecule has 2 aromatic heterocycles. The number of aromatic nitrogens is 5. The molecule has 0 aliphatic heterocycles. The maximum Gasteiger partial charge on any atom is 0.203 e. The monoisotopic (exact) mass is 234 g/mol. The van der Waals surface area contributed by atoms with Crippen LogP contribution in [-0.2, 0) is 13.6 Å². The van der Waals surface area contributed by atoms with Gasteiger partial charge in [0.15, 0.2) is 5.82 Å². The Kier molecular flexibility index (Phi) is 3.12. The minimum absolute atomic E-state index is 0.357. The molecule has 2 aromatic rings. The van der Waals surface area contributed by atoms with E-state index in [1.807, 2.05) is 24.7 Å². The third-order valence-corrected chi connectivity index (χ3v) is 2.43. The fraction of sp³-hybridized carbons (Fsp3) is 0.545.